The first-order valence-corrected chi connectivity index (χ1v) is 12.7. The van der Waals surface area contributed by atoms with Gasteiger partial charge in [0.15, 0.2) is 0 Å². The predicted octanol–water partition coefficient (Wildman–Crippen LogP) is 6.61. The Kier molecular flexibility index (Phi) is 8.01. The SMILES string of the molecule is O=C(NCCSCc1ccc(Cl)c(Cl)c1)c1ccc(CN2CCCc3ccccc32)cc1. The monoisotopic (exact) mass is 484 g/mol. The number of halogens is 2. The lowest BCUT2D eigenvalue weighted by atomic mass is 10.0. The number of para-hydroxylation sites is 1. The van der Waals surface area contributed by atoms with E-state index in [9.17, 15) is 4.79 Å². The van der Waals surface area contributed by atoms with Gasteiger partial charge in [0.1, 0.15) is 0 Å². The van der Waals surface area contributed by atoms with Crippen LogP contribution in [0.15, 0.2) is 66.7 Å². The molecule has 0 aliphatic carbocycles. The summed E-state index contributed by atoms with van der Waals surface area (Å²) in [6.45, 7) is 2.56. The van der Waals surface area contributed by atoms with Gasteiger partial charge in [-0.15, -0.1) is 0 Å². The van der Waals surface area contributed by atoms with Crippen molar-refractivity contribution in [3.05, 3.63) is 99.0 Å². The van der Waals surface area contributed by atoms with E-state index in [1.165, 1.54) is 23.2 Å². The summed E-state index contributed by atoms with van der Waals surface area (Å²) in [6.07, 6.45) is 2.33. The van der Waals surface area contributed by atoms with Crippen LogP contribution >= 0.6 is 35.0 Å². The number of nitrogens with zero attached hydrogens (tertiary/aromatic N) is 1. The van der Waals surface area contributed by atoms with E-state index in [0.717, 1.165) is 36.6 Å². The Labute approximate surface area is 204 Å². The molecule has 0 atom stereocenters. The Bertz CT molecular complexity index is 1070. The molecule has 1 amide bonds. The third-order valence-corrected chi connectivity index (χ3v) is 7.35. The number of nitrogens with one attached hydrogen (secondary N) is 1. The van der Waals surface area contributed by atoms with Gasteiger partial charge in [0.05, 0.1) is 10.0 Å². The van der Waals surface area contributed by atoms with Crippen LogP contribution in [0.3, 0.4) is 0 Å². The predicted molar refractivity (Wildman–Crippen MR) is 137 cm³/mol. The minimum absolute atomic E-state index is 0.0324. The van der Waals surface area contributed by atoms with E-state index in [2.05, 4.69) is 46.6 Å². The number of carbonyl (C=O) groups excluding carboxylic acids is 1. The maximum atomic E-state index is 12.5. The summed E-state index contributed by atoms with van der Waals surface area (Å²) in [5.74, 6) is 1.63. The van der Waals surface area contributed by atoms with Crippen LogP contribution in [0.4, 0.5) is 5.69 Å². The summed E-state index contributed by atoms with van der Waals surface area (Å²) < 4.78 is 0. The molecule has 3 aromatic carbocycles. The first-order valence-electron chi connectivity index (χ1n) is 10.8. The highest BCUT2D eigenvalue weighted by atomic mass is 35.5. The number of amides is 1. The topological polar surface area (TPSA) is 32.3 Å². The molecule has 0 fully saturated rings. The highest BCUT2D eigenvalue weighted by Crippen LogP contribution is 2.28. The highest BCUT2D eigenvalue weighted by Gasteiger charge is 2.16. The van der Waals surface area contributed by atoms with E-state index >= 15 is 0 Å². The Balaban J connectivity index is 1.22. The number of rotatable bonds is 8. The van der Waals surface area contributed by atoms with Crippen LogP contribution < -0.4 is 10.2 Å². The maximum Gasteiger partial charge on any atom is 0.251 e. The van der Waals surface area contributed by atoms with Gasteiger partial charge in [-0.3, -0.25) is 4.79 Å². The van der Waals surface area contributed by atoms with Crippen molar-refractivity contribution in [1.29, 1.82) is 0 Å². The van der Waals surface area contributed by atoms with E-state index in [4.69, 9.17) is 23.2 Å². The summed E-state index contributed by atoms with van der Waals surface area (Å²) in [5.41, 5.74) is 5.80. The summed E-state index contributed by atoms with van der Waals surface area (Å²) in [6, 6.07) is 22.3. The molecule has 0 unspecified atom stereocenters. The van der Waals surface area contributed by atoms with Gasteiger partial charge in [0.25, 0.3) is 5.91 Å². The van der Waals surface area contributed by atoms with Crippen LogP contribution in [-0.4, -0.2) is 24.7 Å². The molecule has 0 saturated heterocycles. The molecular formula is C26H26Cl2N2OS. The van der Waals surface area contributed by atoms with Crippen molar-refractivity contribution < 1.29 is 4.79 Å². The average Bonchev–Trinajstić information content (AvgIpc) is 2.82. The molecule has 32 heavy (non-hydrogen) atoms. The maximum absolute atomic E-state index is 12.5. The number of hydrogen-bond acceptors (Lipinski definition) is 3. The molecule has 0 radical (unpaired) electrons. The Hall–Kier alpha value is -2.14. The number of thioether (sulfide) groups is 1. The molecule has 0 spiro atoms. The van der Waals surface area contributed by atoms with E-state index in [-0.39, 0.29) is 5.91 Å². The van der Waals surface area contributed by atoms with Gasteiger partial charge >= 0.3 is 0 Å². The Morgan fingerprint density at radius 3 is 2.56 bits per heavy atom. The van der Waals surface area contributed by atoms with Crippen molar-refractivity contribution in [2.75, 3.05) is 23.7 Å². The van der Waals surface area contributed by atoms with Crippen LogP contribution in [0.1, 0.15) is 33.5 Å². The largest absolute Gasteiger partial charge is 0.367 e. The van der Waals surface area contributed by atoms with Gasteiger partial charge in [-0.1, -0.05) is 59.6 Å². The zero-order valence-corrected chi connectivity index (χ0v) is 20.1. The molecule has 4 rings (SSSR count). The van der Waals surface area contributed by atoms with Crippen LogP contribution in [-0.2, 0) is 18.7 Å². The van der Waals surface area contributed by atoms with E-state index < -0.39 is 0 Å². The van der Waals surface area contributed by atoms with Gasteiger partial charge in [-0.25, -0.2) is 0 Å². The number of anilines is 1. The van der Waals surface area contributed by atoms with Crippen molar-refractivity contribution >= 4 is 46.6 Å². The Morgan fingerprint density at radius 1 is 0.969 bits per heavy atom. The zero-order chi connectivity index (χ0) is 22.3. The first kappa shape index (κ1) is 23.0. The number of fused-ring (bicyclic) bond motifs is 1. The fourth-order valence-electron chi connectivity index (χ4n) is 3.92. The van der Waals surface area contributed by atoms with Crippen molar-refractivity contribution in [3.8, 4) is 0 Å². The fourth-order valence-corrected chi connectivity index (χ4v) is 5.04. The standard InChI is InChI=1S/C26H26Cl2N2OS/c27-23-12-9-20(16-24(23)28)18-32-15-13-29-26(31)22-10-7-19(8-11-22)17-30-14-3-5-21-4-1-2-6-25(21)30/h1-2,4,6-12,16H,3,5,13-15,17-18H2,(H,29,31). The molecule has 6 heteroatoms. The van der Waals surface area contributed by atoms with Crippen molar-refractivity contribution in [2.24, 2.45) is 0 Å². The lowest BCUT2D eigenvalue weighted by Crippen LogP contribution is -2.29. The van der Waals surface area contributed by atoms with Gasteiger partial charge in [0.2, 0.25) is 0 Å². The molecule has 166 valence electrons. The van der Waals surface area contributed by atoms with E-state index in [1.54, 1.807) is 11.8 Å². The molecule has 3 nitrogen and oxygen atoms in total. The highest BCUT2D eigenvalue weighted by molar-refractivity contribution is 7.98. The van der Waals surface area contributed by atoms with Crippen molar-refractivity contribution in [2.45, 2.75) is 25.1 Å². The molecule has 3 aromatic rings. The summed E-state index contributed by atoms with van der Waals surface area (Å²) in [5, 5.41) is 4.15. The van der Waals surface area contributed by atoms with Crippen LogP contribution in [0.5, 0.6) is 0 Å². The number of aryl methyl sites for hydroxylation is 1. The normalized spacial score (nSPS) is 13.0. The summed E-state index contributed by atoms with van der Waals surface area (Å²) in [7, 11) is 0. The van der Waals surface area contributed by atoms with Crippen LogP contribution in [0.25, 0.3) is 0 Å². The first-order chi connectivity index (χ1) is 15.6. The smallest absolute Gasteiger partial charge is 0.251 e. The van der Waals surface area contributed by atoms with Crippen LogP contribution in [0, 0.1) is 0 Å². The molecule has 0 aromatic heterocycles. The number of benzene rings is 3. The lowest BCUT2D eigenvalue weighted by Gasteiger charge is -2.31. The van der Waals surface area contributed by atoms with Gasteiger partial charge < -0.3 is 10.2 Å². The minimum Gasteiger partial charge on any atom is -0.367 e. The number of hydrogen-bond donors (Lipinski definition) is 1. The van der Waals surface area contributed by atoms with Crippen molar-refractivity contribution in [1.82, 2.24) is 5.32 Å². The van der Waals surface area contributed by atoms with Gasteiger partial charge in [-0.05, 0) is 59.9 Å². The van der Waals surface area contributed by atoms with Gasteiger partial charge in [-0.2, -0.15) is 11.8 Å². The average molecular weight is 485 g/mol. The Morgan fingerprint density at radius 2 is 1.75 bits per heavy atom. The van der Waals surface area contributed by atoms with E-state index in [1.807, 2.05) is 30.3 Å². The molecule has 0 saturated carbocycles. The fraction of sp³-hybridized carbons (Fsp3) is 0.269. The molecular weight excluding hydrogens is 459 g/mol. The minimum atomic E-state index is -0.0324. The summed E-state index contributed by atoms with van der Waals surface area (Å²) >= 11 is 13.8. The second-order valence-corrected chi connectivity index (χ2v) is 9.83. The molecule has 0 bridgehead atoms. The number of carbonyl (C=O) groups is 1. The van der Waals surface area contributed by atoms with Crippen molar-refractivity contribution in [3.63, 3.8) is 0 Å². The zero-order valence-electron chi connectivity index (χ0n) is 17.8. The molecule has 1 heterocycles. The third-order valence-electron chi connectivity index (χ3n) is 5.58. The summed E-state index contributed by atoms with van der Waals surface area (Å²) in [4.78, 5) is 14.9. The quantitative estimate of drug-likeness (QED) is 0.365. The van der Waals surface area contributed by atoms with Gasteiger partial charge in [0, 0.05) is 42.4 Å². The lowest BCUT2D eigenvalue weighted by molar-refractivity contribution is 0.0956. The second kappa shape index (κ2) is 11.1. The second-order valence-electron chi connectivity index (χ2n) is 7.91. The molecule has 1 N–H and O–H groups in total. The molecule has 1 aliphatic heterocycles. The van der Waals surface area contributed by atoms with Crippen LogP contribution in [0.2, 0.25) is 10.0 Å². The van der Waals surface area contributed by atoms with E-state index in [0.29, 0.717) is 22.2 Å². The molecule has 1 aliphatic rings. The third kappa shape index (κ3) is 6.00.